The van der Waals surface area contributed by atoms with Crippen molar-refractivity contribution in [2.45, 2.75) is 26.3 Å². The van der Waals surface area contributed by atoms with E-state index in [1.54, 1.807) is 38.9 Å². The molecule has 3 heterocycles. The Balaban J connectivity index is 1.55. The van der Waals surface area contributed by atoms with Crippen LogP contribution < -0.4 is 10.6 Å². The Morgan fingerprint density at radius 3 is 2.75 bits per heavy atom. The fraction of sp³-hybridized carbons (Fsp3) is 0.348. The number of nitrogens with one attached hydrogen (secondary N) is 3. The summed E-state index contributed by atoms with van der Waals surface area (Å²) in [5, 5.41) is 5.74. The number of urea groups is 1. The van der Waals surface area contributed by atoms with Gasteiger partial charge in [0, 0.05) is 55.9 Å². The lowest BCUT2D eigenvalue weighted by Crippen LogP contribution is -2.41. The van der Waals surface area contributed by atoms with Crippen molar-refractivity contribution in [2.75, 3.05) is 32.5 Å². The number of carbonyl (C=O) groups excluding carboxylic acids is 3. The van der Waals surface area contributed by atoms with Crippen LogP contribution in [0.1, 0.15) is 39.3 Å². The zero-order valence-corrected chi connectivity index (χ0v) is 18.5. The number of H-pyrrole nitrogens is 1. The zero-order chi connectivity index (χ0) is 23.2. The maximum Gasteiger partial charge on any atom is 0.319 e. The van der Waals surface area contributed by atoms with Crippen LogP contribution in [0.4, 0.5) is 14.9 Å². The number of nitrogens with zero attached hydrogens (tertiary/aromatic N) is 2. The van der Waals surface area contributed by atoms with Crippen LogP contribution in [0, 0.1) is 19.7 Å². The zero-order valence-electron chi connectivity index (χ0n) is 18.5. The van der Waals surface area contributed by atoms with Crippen LogP contribution in [-0.2, 0) is 4.79 Å². The molecule has 4 amide bonds. The molecule has 1 saturated heterocycles. The van der Waals surface area contributed by atoms with Crippen molar-refractivity contribution >= 4 is 35.2 Å². The van der Waals surface area contributed by atoms with Gasteiger partial charge < -0.3 is 25.4 Å². The molecule has 3 N–H and O–H groups in total. The standard InChI is InChI=1S/C23H26FN5O3/c1-12-19(10-17-16-9-14(24)5-6-18(16)27-21(17)30)25-13(2)20(12)22(31)26-15-7-8-29(11-15)23(32)28(3)4/h5-6,9-10,15,25H,7-8,11H2,1-4H3,(H,26,31)(H,27,30)/t15-/m0/s1. The number of aromatic nitrogens is 1. The topological polar surface area (TPSA) is 97.5 Å². The normalized spacial score (nSPS) is 18.7. The van der Waals surface area contributed by atoms with Crippen LogP contribution in [0.2, 0.25) is 0 Å². The van der Waals surface area contributed by atoms with Gasteiger partial charge in [-0.05, 0) is 50.1 Å². The highest BCUT2D eigenvalue weighted by molar-refractivity contribution is 6.34. The lowest BCUT2D eigenvalue weighted by molar-refractivity contribution is -0.110. The molecule has 0 radical (unpaired) electrons. The molecule has 0 unspecified atom stereocenters. The third-order valence-electron chi connectivity index (χ3n) is 5.93. The van der Waals surface area contributed by atoms with Gasteiger partial charge in [0.25, 0.3) is 11.8 Å². The van der Waals surface area contributed by atoms with E-state index in [-0.39, 0.29) is 23.9 Å². The van der Waals surface area contributed by atoms with Crippen molar-refractivity contribution < 1.29 is 18.8 Å². The number of hydrogen-bond acceptors (Lipinski definition) is 3. The van der Waals surface area contributed by atoms with Gasteiger partial charge in [0.2, 0.25) is 0 Å². The molecule has 0 aliphatic carbocycles. The Morgan fingerprint density at radius 1 is 1.28 bits per heavy atom. The van der Waals surface area contributed by atoms with Gasteiger partial charge in [-0.3, -0.25) is 9.59 Å². The molecule has 0 bridgehead atoms. The summed E-state index contributed by atoms with van der Waals surface area (Å²) in [6.45, 7) is 4.66. The number of rotatable bonds is 3. The number of halogens is 1. The number of likely N-dealkylation sites (tertiary alicyclic amines) is 1. The molecule has 1 aromatic heterocycles. The van der Waals surface area contributed by atoms with E-state index in [9.17, 15) is 18.8 Å². The molecule has 9 heteroatoms. The van der Waals surface area contributed by atoms with Crippen molar-refractivity contribution in [2.24, 2.45) is 0 Å². The Hall–Kier alpha value is -3.62. The molecular weight excluding hydrogens is 413 g/mol. The minimum Gasteiger partial charge on any atom is -0.358 e. The van der Waals surface area contributed by atoms with Crippen LogP contribution in [0.3, 0.4) is 0 Å². The second kappa shape index (κ2) is 8.14. The molecule has 1 fully saturated rings. The molecule has 168 valence electrons. The second-order valence-electron chi connectivity index (χ2n) is 8.45. The minimum absolute atomic E-state index is 0.0729. The number of aromatic amines is 1. The first-order valence-corrected chi connectivity index (χ1v) is 10.4. The van der Waals surface area contributed by atoms with Crippen LogP contribution in [-0.4, -0.2) is 65.9 Å². The predicted octanol–water partition coefficient (Wildman–Crippen LogP) is 2.75. The molecule has 1 atom stereocenters. The number of anilines is 1. The summed E-state index contributed by atoms with van der Waals surface area (Å²) in [5.74, 6) is -0.976. The maximum atomic E-state index is 13.7. The van der Waals surface area contributed by atoms with Gasteiger partial charge >= 0.3 is 6.03 Å². The van der Waals surface area contributed by atoms with E-state index in [1.807, 2.05) is 0 Å². The molecule has 8 nitrogen and oxygen atoms in total. The van der Waals surface area contributed by atoms with Gasteiger partial charge in [0.15, 0.2) is 0 Å². The summed E-state index contributed by atoms with van der Waals surface area (Å²) in [4.78, 5) is 44.0. The first-order chi connectivity index (χ1) is 15.2. The van der Waals surface area contributed by atoms with Crippen molar-refractivity contribution in [1.82, 2.24) is 20.1 Å². The van der Waals surface area contributed by atoms with E-state index < -0.39 is 5.82 Å². The average molecular weight is 439 g/mol. The summed E-state index contributed by atoms with van der Waals surface area (Å²) in [6.07, 6.45) is 2.33. The predicted molar refractivity (Wildman–Crippen MR) is 120 cm³/mol. The highest BCUT2D eigenvalue weighted by Gasteiger charge is 2.30. The number of hydrogen-bond donors (Lipinski definition) is 3. The smallest absolute Gasteiger partial charge is 0.319 e. The monoisotopic (exact) mass is 439 g/mol. The highest BCUT2D eigenvalue weighted by atomic mass is 19.1. The summed E-state index contributed by atoms with van der Waals surface area (Å²) < 4.78 is 13.7. The fourth-order valence-electron chi connectivity index (χ4n) is 4.30. The van der Waals surface area contributed by atoms with E-state index in [0.29, 0.717) is 58.8 Å². The molecule has 2 aliphatic heterocycles. The Labute approximate surface area is 185 Å². The fourth-order valence-corrected chi connectivity index (χ4v) is 4.30. The summed E-state index contributed by atoms with van der Waals surface area (Å²) in [6, 6.07) is 3.94. The van der Waals surface area contributed by atoms with Gasteiger partial charge in [-0.1, -0.05) is 0 Å². The summed E-state index contributed by atoms with van der Waals surface area (Å²) in [7, 11) is 3.41. The van der Waals surface area contributed by atoms with Crippen molar-refractivity contribution in [3.05, 3.63) is 52.1 Å². The average Bonchev–Trinajstić information content (AvgIpc) is 3.38. The van der Waals surface area contributed by atoms with Crippen LogP contribution in [0.5, 0.6) is 0 Å². The molecule has 4 rings (SSSR count). The molecule has 32 heavy (non-hydrogen) atoms. The molecule has 0 saturated carbocycles. The summed E-state index contributed by atoms with van der Waals surface area (Å²) >= 11 is 0. The number of benzene rings is 1. The number of amides is 4. The van der Waals surface area contributed by atoms with E-state index in [4.69, 9.17) is 0 Å². The first kappa shape index (κ1) is 21.6. The van der Waals surface area contributed by atoms with Gasteiger partial charge in [0.1, 0.15) is 5.82 Å². The van der Waals surface area contributed by atoms with Gasteiger partial charge in [-0.2, -0.15) is 0 Å². The minimum atomic E-state index is -0.427. The number of fused-ring (bicyclic) bond motifs is 1. The molecule has 1 aromatic carbocycles. The third kappa shape index (κ3) is 3.86. The molecule has 0 spiro atoms. The van der Waals surface area contributed by atoms with E-state index >= 15 is 0 Å². The van der Waals surface area contributed by atoms with Gasteiger partial charge in [0.05, 0.1) is 11.1 Å². The van der Waals surface area contributed by atoms with E-state index in [1.165, 1.54) is 23.1 Å². The van der Waals surface area contributed by atoms with E-state index in [2.05, 4.69) is 15.6 Å². The van der Waals surface area contributed by atoms with Crippen molar-refractivity contribution in [3.8, 4) is 0 Å². The SMILES string of the molecule is Cc1[nH]c(C=C2C(=O)Nc3ccc(F)cc32)c(C)c1C(=O)N[C@H]1CCN(C(=O)N(C)C)C1. The van der Waals surface area contributed by atoms with Crippen LogP contribution in [0.15, 0.2) is 18.2 Å². The Kier molecular flexibility index (Phi) is 5.50. The molecular formula is C23H26FN5O3. The van der Waals surface area contributed by atoms with Crippen LogP contribution in [0.25, 0.3) is 11.6 Å². The number of carbonyl (C=O) groups is 3. The second-order valence-corrected chi connectivity index (χ2v) is 8.45. The molecule has 2 aromatic rings. The van der Waals surface area contributed by atoms with Crippen LogP contribution >= 0.6 is 0 Å². The van der Waals surface area contributed by atoms with E-state index in [0.717, 1.165) is 0 Å². The van der Waals surface area contributed by atoms with Crippen molar-refractivity contribution in [1.29, 1.82) is 0 Å². The van der Waals surface area contributed by atoms with Gasteiger partial charge in [-0.15, -0.1) is 0 Å². The highest BCUT2D eigenvalue weighted by Crippen LogP contribution is 2.34. The Morgan fingerprint density at radius 2 is 2.03 bits per heavy atom. The van der Waals surface area contributed by atoms with Gasteiger partial charge in [-0.25, -0.2) is 9.18 Å². The Bertz CT molecular complexity index is 1150. The maximum absolute atomic E-state index is 13.7. The van der Waals surface area contributed by atoms with Crippen molar-refractivity contribution in [3.63, 3.8) is 0 Å². The largest absolute Gasteiger partial charge is 0.358 e. The first-order valence-electron chi connectivity index (χ1n) is 10.4. The molecule has 2 aliphatic rings. The summed E-state index contributed by atoms with van der Waals surface area (Å²) in [5.41, 5.74) is 3.87. The lowest BCUT2D eigenvalue weighted by atomic mass is 10.0. The third-order valence-corrected chi connectivity index (χ3v) is 5.93. The quantitative estimate of drug-likeness (QED) is 0.642. The number of aryl methyl sites for hydroxylation is 1. The lowest BCUT2D eigenvalue weighted by Gasteiger charge is -2.21.